The monoisotopic (exact) mass is 187 g/mol. The highest BCUT2D eigenvalue weighted by Crippen LogP contribution is 1.95. The third-order valence-corrected chi connectivity index (χ3v) is 1.44. The normalized spacial score (nSPS) is 11.8. The smallest absolute Gasteiger partial charge is 0.409 e. The average molecular weight is 187 g/mol. The van der Waals surface area contributed by atoms with Crippen LogP contribution in [0.25, 0.3) is 0 Å². The maximum absolute atomic E-state index is 10.9. The van der Waals surface area contributed by atoms with Crippen LogP contribution in [0, 0.1) is 0 Å². The molecule has 13 heavy (non-hydrogen) atoms. The van der Waals surface area contributed by atoms with Crippen LogP contribution in [0.2, 0.25) is 0 Å². The third kappa shape index (κ3) is 7.33. The second kappa shape index (κ2) is 7.61. The van der Waals surface area contributed by atoms with Crippen molar-refractivity contribution in [1.29, 1.82) is 0 Å². The molecule has 0 heterocycles. The van der Waals surface area contributed by atoms with Crippen molar-refractivity contribution >= 4 is 6.09 Å². The molecule has 76 valence electrons. The van der Waals surface area contributed by atoms with E-state index in [0.29, 0.717) is 6.61 Å². The quantitative estimate of drug-likeness (QED) is 0.391. The van der Waals surface area contributed by atoms with Gasteiger partial charge < -0.3 is 9.47 Å². The van der Waals surface area contributed by atoms with Crippen LogP contribution in [-0.4, -0.2) is 25.5 Å². The maximum atomic E-state index is 10.9. The molecule has 4 nitrogen and oxygen atoms in total. The highest BCUT2D eigenvalue weighted by Gasteiger charge is 2.05. The predicted octanol–water partition coefficient (Wildman–Crippen LogP) is 1.67. The molecule has 0 aliphatic carbocycles. The van der Waals surface area contributed by atoms with Crippen molar-refractivity contribution in [2.45, 2.75) is 26.4 Å². The SMILES string of the molecule is C=CCOCNC(=O)OC(C)CC. The van der Waals surface area contributed by atoms with Crippen molar-refractivity contribution in [1.82, 2.24) is 5.32 Å². The summed E-state index contributed by atoms with van der Waals surface area (Å²) in [6.07, 6.45) is 1.92. The Morgan fingerprint density at radius 3 is 2.92 bits per heavy atom. The van der Waals surface area contributed by atoms with Crippen molar-refractivity contribution in [2.24, 2.45) is 0 Å². The van der Waals surface area contributed by atoms with E-state index in [1.165, 1.54) is 0 Å². The van der Waals surface area contributed by atoms with E-state index in [9.17, 15) is 4.79 Å². The number of carbonyl (C=O) groups is 1. The molecule has 1 N–H and O–H groups in total. The van der Waals surface area contributed by atoms with E-state index in [2.05, 4.69) is 11.9 Å². The van der Waals surface area contributed by atoms with Gasteiger partial charge in [0.2, 0.25) is 0 Å². The zero-order valence-electron chi connectivity index (χ0n) is 8.21. The van der Waals surface area contributed by atoms with Crippen LogP contribution in [0.15, 0.2) is 12.7 Å². The van der Waals surface area contributed by atoms with Gasteiger partial charge in [0.1, 0.15) is 12.8 Å². The lowest BCUT2D eigenvalue weighted by Crippen LogP contribution is -2.29. The first-order valence-corrected chi connectivity index (χ1v) is 4.33. The minimum absolute atomic E-state index is 0.0561. The average Bonchev–Trinajstić information content (AvgIpc) is 2.12. The fraction of sp³-hybridized carbons (Fsp3) is 0.667. The Hall–Kier alpha value is -1.03. The summed E-state index contributed by atoms with van der Waals surface area (Å²) < 4.78 is 9.86. The van der Waals surface area contributed by atoms with E-state index in [0.717, 1.165) is 6.42 Å². The summed E-state index contributed by atoms with van der Waals surface area (Å²) in [5.74, 6) is 0. The number of hydrogen-bond acceptors (Lipinski definition) is 3. The summed E-state index contributed by atoms with van der Waals surface area (Å²) in [4.78, 5) is 10.9. The molecule has 0 aliphatic heterocycles. The van der Waals surface area contributed by atoms with Gasteiger partial charge in [-0.1, -0.05) is 13.0 Å². The maximum Gasteiger partial charge on any atom is 0.409 e. The Morgan fingerprint density at radius 2 is 2.38 bits per heavy atom. The Bertz CT molecular complexity index is 159. The van der Waals surface area contributed by atoms with Crippen molar-refractivity contribution in [3.8, 4) is 0 Å². The number of nitrogens with one attached hydrogen (secondary N) is 1. The molecule has 4 heteroatoms. The fourth-order valence-corrected chi connectivity index (χ4v) is 0.560. The molecule has 0 radical (unpaired) electrons. The topological polar surface area (TPSA) is 47.6 Å². The molecule has 0 fully saturated rings. The van der Waals surface area contributed by atoms with Crippen molar-refractivity contribution < 1.29 is 14.3 Å². The van der Waals surface area contributed by atoms with Gasteiger partial charge in [-0.3, -0.25) is 5.32 Å². The van der Waals surface area contributed by atoms with Crippen LogP contribution >= 0.6 is 0 Å². The number of alkyl carbamates (subject to hydrolysis) is 1. The van der Waals surface area contributed by atoms with Crippen LogP contribution in [0.4, 0.5) is 4.79 Å². The first-order valence-electron chi connectivity index (χ1n) is 4.33. The van der Waals surface area contributed by atoms with E-state index in [4.69, 9.17) is 9.47 Å². The number of hydrogen-bond donors (Lipinski definition) is 1. The molecular weight excluding hydrogens is 170 g/mol. The van der Waals surface area contributed by atoms with E-state index >= 15 is 0 Å². The second-order valence-corrected chi connectivity index (χ2v) is 2.60. The second-order valence-electron chi connectivity index (χ2n) is 2.60. The molecule has 0 aromatic heterocycles. The minimum Gasteiger partial charge on any atom is -0.447 e. The third-order valence-electron chi connectivity index (χ3n) is 1.44. The Morgan fingerprint density at radius 1 is 1.69 bits per heavy atom. The van der Waals surface area contributed by atoms with Crippen molar-refractivity contribution in [3.05, 3.63) is 12.7 Å². The van der Waals surface area contributed by atoms with Gasteiger partial charge in [0.05, 0.1) is 6.61 Å². The fourth-order valence-electron chi connectivity index (χ4n) is 0.560. The highest BCUT2D eigenvalue weighted by atomic mass is 16.6. The molecule has 0 saturated heterocycles. The summed E-state index contributed by atoms with van der Waals surface area (Å²) in [6, 6.07) is 0. The molecule has 0 saturated carbocycles. The summed E-state index contributed by atoms with van der Waals surface area (Å²) >= 11 is 0. The zero-order valence-corrected chi connectivity index (χ0v) is 8.21. The summed E-state index contributed by atoms with van der Waals surface area (Å²) in [5.41, 5.74) is 0. The molecule has 0 spiro atoms. The largest absolute Gasteiger partial charge is 0.447 e. The number of rotatable bonds is 6. The molecule has 0 rings (SSSR count). The summed E-state index contributed by atoms with van der Waals surface area (Å²) in [7, 11) is 0. The molecular formula is C9H17NO3. The lowest BCUT2D eigenvalue weighted by Gasteiger charge is -2.11. The molecule has 1 unspecified atom stereocenters. The number of carbonyl (C=O) groups excluding carboxylic acids is 1. The summed E-state index contributed by atoms with van der Waals surface area (Å²) in [6.45, 7) is 7.83. The molecule has 1 amide bonds. The minimum atomic E-state index is -0.446. The van der Waals surface area contributed by atoms with Gasteiger partial charge >= 0.3 is 6.09 Å². The Kier molecular flexibility index (Phi) is 7.01. The molecule has 0 aliphatic rings. The molecule has 1 atom stereocenters. The number of ether oxygens (including phenoxy) is 2. The predicted molar refractivity (Wildman–Crippen MR) is 50.4 cm³/mol. The van der Waals surface area contributed by atoms with Gasteiger partial charge in [-0.05, 0) is 13.3 Å². The lowest BCUT2D eigenvalue weighted by molar-refractivity contribution is 0.0831. The van der Waals surface area contributed by atoms with Crippen molar-refractivity contribution in [2.75, 3.05) is 13.3 Å². The lowest BCUT2D eigenvalue weighted by atomic mass is 10.3. The van der Waals surface area contributed by atoms with Crippen LogP contribution in [0.3, 0.4) is 0 Å². The van der Waals surface area contributed by atoms with E-state index in [1.807, 2.05) is 13.8 Å². The van der Waals surface area contributed by atoms with Crippen LogP contribution < -0.4 is 5.32 Å². The number of amides is 1. The van der Waals surface area contributed by atoms with E-state index in [1.54, 1.807) is 6.08 Å². The first-order chi connectivity index (χ1) is 6.20. The van der Waals surface area contributed by atoms with Gasteiger partial charge in [0, 0.05) is 0 Å². The van der Waals surface area contributed by atoms with E-state index < -0.39 is 6.09 Å². The van der Waals surface area contributed by atoms with E-state index in [-0.39, 0.29) is 12.8 Å². The van der Waals surface area contributed by atoms with Gasteiger partial charge in [0.25, 0.3) is 0 Å². The molecule has 0 aromatic carbocycles. The van der Waals surface area contributed by atoms with Crippen LogP contribution in [0.5, 0.6) is 0 Å². The molecule has 0 bridgehead atoms. The standard InChI is InChI=1S/C9H17NO3/c1-4-6-12-7-10-9(11)13-8(3)5-2/h4,8H,1,5-7H2,2-3H3,(H,10,11). The van der Waals surface area contributed by atoms with Crippen LogP contribution in [-0.2, 0) is 9.47 Å². The van der Waals surface area contributed by atoms with Crippen LogP contribution in [0.1, 0.15) is 20.3 Å². The highest BCUT2D eigenvalue weighted by molar-refractivity contribution is 5.67. The Balaban J connectivity index is 3.35. The van der Waals surface area contributed by atoms with Crippen molar-refractivity contribution in [3.63, 3.8) is 0 Å². The van der Waals surface area contributed by atoms with Gasteiger partial charge in [-0.25, -0.2) is 4.79 Å². The zero-order chi connectivity index (χ0) is 10.1. The van der Waals surface area contributed by atoms with Gasteiger partial charge in [-0.15, -0.1) is 6.58 Å². The van der Waals surface area contributed by atoms with Gasteiger partial charge in [0.15, 0.2) is 0 Å². The Labute approximate surface area is 78.9 Å². The summed E-state index contributed by atoms with van der Waals surface area (Å²) in [5, 5.41) is 2.45. The first kappa shape index (κ1) is 12.0. The molecule has 0 aromatic rings. The van der Waals surface area contributed by atoms with Gasteiger partial charge in [-0.2, -0.15) is 0 Å².